The van der Waals surface area contributed by atoms with Gasteiger partial charge in [0.05, 0.1) is 60.3 Å². The van der Waals surface area contributed by atoms with E-state index >= 15 is 0 Å². The molecule has 2 aromatic carbocycles. The summed E-state index contributed by atoms with van der Waals surface area (Å²) in [6.07, 6.45) is 8.78. The number of anilines is 3. The van der Waals surface area contributed by atoms with Gasteiger partial charge in [-0.15, -0.1) is 0 Å². The van der Waals surface area contributed by atoms with Crippen molar-refractivity contribution in [1.29, 1.82) is 0 Å². The molecule has 2 aromatic heterocycles. The van der Waals surface area contributed by atoms with Gasteiger partial charge in [0.15, 0.2) is 0 Å². The van der Waals surface area contributed by atoms with Gasteiger partial charge in [-0.1, -0.05) is 32.4 Å². The highest BCUT2D eigenvalue weighted by molar-refractivity contribution is 7.90. The van der Waals surface area contributed by atoms with Gasteiger partial charge in [0.25, 0.3) is 0 Å². The summed E-state index contributed by atoms with van der Waals surface area (Å²) in [5.41, 5.74) is 4.77. The first-order chi connectivity index (χ1) is 23.0. The molecule has 48 heavy (non-hydrogen) atoms. The van der Waals surface area contributed by atoms with Crippen molar-refractivity contribution in [1.82, 2.24) is 13.9 Å². The van der Waals surface area contributed by atoms with Crippen LogP contribution < -0.4 is 19.7 Å². The van der Waals surface area contributed by atoms with Crippen molar-refractivity contribution in [3.05, 3.63) is 53.3 Å². The molecule has 0 unspecified atom stereocenters. The molecule has 7 rings (SSSR count). The monoisotopic (exact) mass is 695 g/mol. The number of aryl methyl sites for hydroxylation is 1. The van der Waals surface area contributed by atoms with Gasteiger partial charge in [-0.05, 0) is 74.6 Å². The normalized spacial score (nSPS) is 16.4. The van der Waals surface area contributed by atoms with Gasteiger partial charge in [-0.3, -0.25) is 0 Å². The van der Waals surface area contributed by atoms with E-state index in [0.717, 1.165) is 74.3 Å². The van der Waals surface area contributed by atoms with Crippen LogP contribution in [0.15, 0.2) is 42.7 Å². The molecular weight excluding hydrogens is 650 g/mol. The zero-order valence-corrected chi connectivity index (χ0v) is 29.9. The van der Waals surface area contributed by atoms with Gasteiger partial charge in [-0.2, -0.15) is 0 Å². The van der Waals surface area contributed by atoms with Crippen LogP contribution in [0.2, 0.25) is 5.02 Å². The van der Waals surface area contributed by atoms with E-state index in [1.165, 1.54) is 3.97 Å². The molecule has 10 nitrogen and oxygen atoms in total. The summed E-state index contributed by atoms with van der Waals surface area (Å²) < 4.78 is 46.1. The molecule has 8 bridgehead atoms. The smallest absolute Gasteiger partial charge is 0.238 e. The Morgan fingerprint density at radius 3 is 2.46 bits per heavy atom. The van der Waals surface area contributed by atoms with Crippen molar-refractivity contribution < 1.29 is 22.6 Å². The number of nitrogens with zero attached hydrogens (tertiary/aromatic N) is 4. The number of halogens is 1. The first-order valence-electron chi connectivity index (χ1n) is 17.0. The summed E-state index contributed by atoms with van der Waals surface area (Å²) in [5, 5.41) is 4.51. The number of morpholine rings is 1. The number of fused-ring (bicyclic) bond motifs is 8. The lowest BCUT2D eigenvalue weighted by atomic mass is 9.88. The highest BCUT2D eigenvalue weighted by Gasteiger charge is 2.24. The molecular formula is C36H46ClN5O5S. The first kappa shape index (κ1) is 34.3. The first-order valence-corrected chi connectivity index (χ1v) is 18.9. The molecule has 0 atom stereocenters. The lowest BCUT2D eigenvalue weighted by Crippen LogP contribution is -2.36. The predicted molar refractivity (Wildman–Crippen MR) is 193 cm³/mol. The van der Waals surface area contributed by atoms with Crippen molar-refractivity contribution in [3.63, 3.8) is 0 Å². The minimum atomic E-state index is -3.63. The van der Waals surface area contributed by atoms with Crippen LogP contribution in [0.1, 0.15) is 65.4 Å². The second-order valence-corrected chi connectivity index (χ2v) is 16.2. The van der Waals surface area contributed by atoms with Crippen molar-refractivity contribution in [2.75, 3.05) is 55.5 Å². The Hall–Kier alpha value is -3.54. The van der Waals surface area contributed by atoms with Gasteiger partial charge in [-0.25, -0.2) is 22.4 Å². The summed E-state index contributed by atoms with van der Waals surface area (Å²) in [4.78, 5) is 11.8. The van der Waals surface area contributed by atoms with Crippen LogP contribution in [0.25, 0.3) is 22.2 Å². The predicted octanol–water partition coefficient (Wildman–Crippen LogP) is 7.84. The largest absolute Gasteiger partial charge is 0.494 e. The molecule has 258 valence electrons. The van der Waals surface area contributed by atoms with E-state index in [0.29, 0.717) is 65.3 Å². The van der Waals surface area contributed by atoms with E-state index in [4.69, 9.17) is 30.8 Å². The quantitative estimate of drug-likeness (QED) is 0.223. The third-order valence-corrected chi connectivity index (χ3v) is 10.8. The number of aromatic nitrogens is 3. The zero-order chi connectivity index (χ0) is 33.9. The Bertz CT molecular complexity index is 1860. The summed E-state index contributed by atoms with van der Waals surface area (Å²) in [6, 6.07) is 9.85. The highest BCUT2D eigenvalue weighted by atomic mass is 35.5. The van der Waals surface area contributed by atoms with Crippen LogP contribution in [-0.2, 0) is 21.2 Å². The number of benzene rings is 2. The molecule has 5 heterocycles. The Morgan fingerprint density at radius 1 is 0.979 bits per heavy atom. The van der Waals surface area contributed by atoms with Gasteiger partial charge in [0, 0.05) is 48.1 Å². The van der Waals surface area contributed by atoms with Crippen molar-refractivity contribution >= 4 is 49.9 Å². The maximum absolute atomic E-state index is 13.3. The molecule has 0 aliphatic carbocycles. The second kappa shape index (κ2) is 14.5. The maximum Gasteiger partial charge on any atom is 0.238 e. The highest BCUT2D eigenvalue weighted by Crippen LogP contribution is 2.40. The van der Waals surface area contributed by atoms with Crippen molar-refractivity contribution in [3.8, 4) is 22.8 Å². The number of nitrogens with one attached hydrogen (secondary N) is 1. The number of rotatable bonds is 5. The van der Waals surface area contributed by atoms with Crippen LogP contribution in [0, 0.1) is 5.41 Å². The fourth-order valence-corrected chi connectivity index (χ4v) is 7.29. The molecule has 0 spiro atoms. The van der Waals surface area contributed by atoms with Crippen LogP contribution in [0.5, 0.6) is 11.5 Å². The number of hydrogen-bond donors (Lipinski definition) is 1. The molecule has 0 saturated carbocycles. The zero-order valence-electron chi connectivity index (χ0n) is 28.4. The fourth-order valence-electron chi connectivity index (χ4n) is 6.10. The molecule has 0 radical (unpaired) electrons. The second-order valence-electron chi connectivity index (χ2n) is 13.7. The van der Waals surface area contributed by atoms with Crippen LogP contribution in [-0.4, -0.2) is 67.6 Å². The molecule has 1 N–H and O–H groups in total. The fraction of sp³-hybridized carbons (Fsp3) is 0.500. The van der Waals surface area contributed by atoms with Crippen LogP contribution in [0.4, 0.5) is 17.3 Å². The molecule has 1 saturated heterocycles. The van der Waals surface area contributed by atoms with E-state index in [-0.39, 0.29) is 11.2 Å². The van der Waals surface area contributed by atoms with E-state index in [1.807, 2.05) is 12.1 Å². The third kappa shape index (κ3) is 7.84. The standard InChI is InChI=1S/C36H46ClN5O5S/c1-5-48(43,44)42-24-28-27-11-10-26(21-31(27)42)46-16-8-6-7-9-17-47-33-22-30(39-35-38-23-29(37)34(28)40-35)25(12-13-36(2,3)4)20-32(33)41-14-18-45-19-15-41/h10-11,20-24H,5-9,12-19H2,1-4H3,(H,38,39,40). The molecule has 12 heteroatoms. The summed E-state index contributed by atoms with van der Waals surface area (Å²) in [5.74, 6) is 1.72. The lowest BCUT2D eigenvalue weighted by molar-refractivity contribution is 0.122. The molecule has 3 aliphatic rings. The van der Waals surface area contributed by atoms with Gasteiger partial charge < -0.3 is 24.4 Å². The Balaban J connectivity index is 1.48. The Labute approximate surface area is 288 Å². The van der Waals surface area contributed by atoms with Gasteiger partial charge in [0.1, 0.15) is 11.5 Å². The topological polar surface area (TPSA) is 108 Å². The van der Waals surface area contributed by atoms with Crippen LogP contribution >= 0.6 is 11.6 Å². The van der Waals surface area contributed by atoms with Gasteiger partial charge in [0.2, 0.25) is 16.0 Å². The number of ether oxygens (including phenoxy) is 3. The molecule has 0 amide bonds. The average Bonchev–Trinajstić information content (AvgIpc) is 3.45. The minimum Gasteiger partial charge on any atom is -0.494 e. The van der Waals surface area contributed by atoms with E-state index in [2.05, 4.69) is 48.1 Å². The summed E-state index contributed by atoms with van der Waals surface area (Å²) >= 11 is 6.75. The maximum atomic E-state index is 13.3. The van der Waals surface area contributed by atoms with E-state index < -0.39 is 10.0 Å². The van der Waals surface area contributed by atoms with E-state index in [1.54, 1.807) is 25.4 Å². The molecule has 1 fully saturated rings. The minimum absolute atomic E-state index is 0.0617. The lowest BCUT2D eigenvalue weighted by Gasteiger charge is -2.31. The number of hydrogen-bond acceptors (Lipinski definition) is 9. The summed E-state index contributed by atoms with van der Waals surface area (Å²) in [6.45, 7) is 12.5. The average molecular weight is 696 g/mol. The third-order valence-electron chi connectivity index (χ3n) is 8.90. The molecule has 3 aliphatic heterocycles. The SMILES string of the molecule is CCS(=O)(=O)n1cc2c3ccc(cc31)OCCCCCCOc1cc(c(CCC(C)(C)C)cc1N1CCOCC1)Nc1ncc(Cl)c-2n1. The Kier molecular flexibility index (Phi) is 10.4. The van der Waals surface area contributed by atoms with E-state index in [9.17, 15) is 8.42 Å². The van der Waals surface area contributed by atoms with Crippen molar-refractivity contribution in [2.24, 2.45) is 5.41 Å². The molecule has 4 aromatic rings. The van der Waals surface area contributed by atoms with Crippen LogP contribution in [0.3, 0.4) is 0 Å². The van der Waals surface area contributed by atoms with Gasteiger partial charge >= 0.3 is 0 Å². The summed E-state index contributed by atoms with van der Waals surface area (Å²) in [7, 11) is -3.63. The van der Waals surface area contributed by atoms with Crippen molar-refractivity contribution in [2.45, 2.75) is 66.2 Å². The Morgan fingerprint density at radius 2 is 1.73 bits per heavy atom.